The molecule has 0 amide bonds. The second kappa shape index (κ2) is 8.92. The highest BCUT2D eigenvalue weighted by Gasteiger charge is 2.36. The first-order valence-corrected chi connectivity index (χ1v) is 9.05. The summed E-state index contributed by atoms with van der Waals surface area (Å²) in [5, 5.41) is 0. The van der Waals surface area contributed by atoms with Crippen LogP contribution in [0.25, 0.3) is 0 Å². The van der Waals surface area contributed by atoms with Gasteiger partial charge in [0.05, 0.1) is 0 Å². The van der Waals surface area contributed by atoms with Crippen molar-refractivity contribution >= 4 is 6.29 Å². The SMILES string of the molecule is CC(C)CCN(CCC(C)C)CC1(C=O)CCCC(C)C1. The molecule has 1 rings (SSSR count). The van der Waals surface area contributed by atoms with Gasteiger partial charge in [0.25, 0.3) is 0 Å². The van der Waals surface area contributed by atoms with E-state index in [0.29, 0.717) is 5.92 Å². The summed E-state index contributed by atoms with van der Waals surface area (Å²) < 4.78 is 0. The van der Waals surface area contributed by atoms with Gasteiger partial charge in [0.1, 0.15) is 6.29 Å². The average Bonchev–Trinajstić information content (AvgIpc) is 2.41. The summed E-state index contributed by atoms with van der Waals surface area (Å²) in [6.45, 7) is 14.8. The fourth-order valence-corrected chi connectivity index (χ4v) is 3.59. The summed E-state index contributed by atoms with van der Waals surface area (Å²) in [5.41, 5.74) is -0.0639. The molecule has 0 aromatic rings. The van der Waals surface area contributed by atoms with Gasteiger partial charge in [-0.05, 0) is 56.5 Å². The predicted molar refractivity (Wildman–Crippen MR) is 91.5 cm³/mol. The standard InChI is InChI=1S/C19H37NO/c1-16(2)8-11-20(12-9-17(3)4)14-19(15-21)10-6-7-18(5)13-19/h15-18H,6-14H2,1-5H3. The molecule has 0 N–H and O–H groups in total. The van der Waals surface area contributed by atoms with Crippen molar-refractivity contribution in [3.63, 3.8) is 0 Å². The minimum Gasteiger partial charge on any atom is -0.303 e. The van der Waals surface area contributed by atoms with Crippen LogP contribution in [0.3, 0.4) is 0 Å². The van der Waals surface area contributed by atoms with Crippen molar-refractivity contribution in [2.75, 3.05) is 19.6 Å². The van der Waals surface area contributed by atoms with Crippen molar-refractivity contribution in [2.24, 2.45) is 23.2 Å². The highest BCUT2D eigenvalue weighted by Crippen LogP contribution is 2.38. The van der Waals surface area contributed by atoms with Crippen LogP contribution in [0.4, 0.5) is 0 Å². The van der Waals surface area contributed by atoms with Crippen molar-refractivity contribution in [1.82, 2.24) is 4.90 Å². The highest BCUT2D eigenvalue weighted by atomic mass is 16.1. The Morgan fingerprint density at radius 1 is 1.14 bits per heavy atom. The monoisotopic (exact) mass is 295 g/mol. The minimum absolute atomic E-state index is 0.0639. The van der Waals surface area contributed by atoms with Gasteiger partial charge in [-0.1, -0.05) is 47.5 Å². The lowest BCUT2D eigenvalue weighted by Crippen LogP contribution is -2.43. The molecule has 1 aliphatic carbocycles. The molecule has 0 radical (unpaired) electrons. The van der Waals surface area contributed by atoms with E-state index in [1.165, 1.54) is 32.0 Å². The first-order valence-electron chi connectivity index (χ1n) is 9.05. The lowest BCUT2D eigenvalue weighted by molar-refractivity contribution is -0.120. The summed E-state index contributed by atoms with van der Waals surface area (Å²) in [7, 11) is 0. The summed E-state index contributed by atoms with van der Waals surface area (Å²) in [4.78, 5) is 14.4. The quantitative estimate of drug-likeness (QED) is 0.571. The van der Waals surface area contributed by atoms with Crippen LogP contribution in [-0.4, -0.2) is 30.8 Å². The van der Waals surface area contributed by atoms with Crippen molar-refractivity contribution < 1.29 is 4.79 Å². The molecule has 1 fully saturated rings. The Bertz CT molecular complexity index is 288. The normalized spacial score (nSPS) is 26.8. The zero-order chi connectivity index (χ0) is 15.9. The largest absolute Gasteiger partial charge is 0.303 e. The highest BCUT2D eigenvalue weighted by molar-refractivity contribution is 5.60. The predicted octanol–water partition coefficient (Wildman–Crippen LogP) is 4.78. The van der Waals surface area contributed by atoms with Crippen LogP contribution in [0.5, 0.6) is 0 Å². The fourth-order valence-electron chi connectivity index (χ4n) is 3.59. The van der Waals surface area contributed by atoms with Gasteiger partial charge in [-0.2, -0.15) is 0 Å². The van der Waals surface area contributed by atoms with E-state index in [-0.39, 0.29) is 5.41 Å². The van der Waals surface area contributed by atoms with Gasteiger partial charge < -0.3 is 9.69 Å². The molecule has 1 aliphatic rings. The lowest BCUT2D eigenvalue weighted by atomic mass is 9.70. The first-order chi connectivity index (χ1) is 9.87. The molecule has 2 atom stereocenters. The second-order valence-corrected chi connectivity index (χ2v) is 8.32. The fraction of sp³-hybridized carbons (Fsp3) is 0.947. The molecule has 0 aromatic carbocycles. The summed E-state index contributed by atoms with van der Waals surface area (Å²) in [6.07, 6.45) is 8.48. The Morgan fingerprint density at radius 2 is 1.71 bits per heavy atom. The van der Waals surface area contributed by atoms with Gasteiger partial charge in [0.15, 0.2) is 0 Å². The van der Waals surface area contributed by atoms with Gasteiger partial charge in [-0.3, -0.25) is 0 Å². The molecule has 0 bridgehead atoms. The van der Waals surface area contributed by atoms with Crippen LogP contribution < -0.4 is 0 Å². The van der Waals surface area contributed by atoms with E-state index in [4.69, 9.17) is 0 Å². The molecule has 0 aromatic heterocycles. The third-order valence-corrected chi connectivity index (χ3v) is 4.96. The maximum atomic E-state index is 11.8. The molecule has 0 heterocycles. The van der Waals surface area contributed by atoms with Gasteiger partial charge in [0.2, 0.25) is 0 Å². The van der Waals surface area contributed by atoms with Crippen molar-refractivity contribution in [1.29, 1.82) is 0 Å². The minimum atomic E-state index is -0.0639. The van der Waals surface area contributed by atoms with E-state index in [1.54, 1.807) is 0 Å². The van der Waals surface area contributed by atoms with E-state index in [9.17, 15) is 4.79 Å². The number of carbonyl (C=O) groups is 1. The molecular formula is C19H37NO. The first kappa shape index (κ1) is 18.7. The van der Waals surface area contributed by atoms with E-state index >= 15 is 0 Å². The Balaban J connectivity index is 2.64. The van der Waals surface area contributed by atoms with E-state index in [1.807, 2.05) is 0 Å². The molecule has 2 nitrogen and oxygen atoms in total. The van der Waals surface area contributed by atoms with Crippen LogP contribution in [0.15, 0.2) is 0 Å². The average molecular weight is 296 g/mol. The molecule has 2 unspecified atom stereocenters. The zero-order valence-electron chi connectivity index (χ0n) is 15.0. The number of hydrogen-bond donors (Lipinski definition) is 0. The van der Waals surface area contributed by atoms with Crippen molar-refractivity contribution in [3.8, 4) is 0 Å². The molecule has 2 heteroatoms. The van der Waals surface area contributed by atoms with Gasteiger partial charge in [-0.15, -0.1) is 0 Å². The Kier molecular flexibility index (Phi) is 7.94. The van der Waals surface area contributed by atoms with E-state index in [2.05, 4.69) is 39.5 Å². The molecule has 21 heavy (non-hydrogen) atoms. The summed E-state index contributed by atoms with van der Waals surface area (Å²) in [6, 6.07) is 0. The lowest BCUT2D eigenvalue weighted by Gasteiger charge is -2.40. The molecule has 124 valence electrons. The maximum absolute atomic E-state index is 11.8. The Morgan fingerprint density at radius 3 is 2.14 bits per heavy atom. The maximum Gasteiger partial charge on any atom is 0.127 e. The zero-order valence-corrected chi connectivity index (χ0v) is 15.0. The van der Waals surface area contributed by atoms with Crippen molar-refractivity contribution in [3.05, 3.63) is 0 Å². The number of aldehydes is 1. The number of nitrogens with zero attached hydrogens (tertiary/aromatic N) is 1. The van der Waals surface area contributed by atoms with Gasteiger partial charge in [0, 0.05) is 12.0 Å². The van der Waals surface area contributed by atoms with Crippen LogP contribution in [0.2, 0.25) is 0 Å². The summed E-state index contributed by atoms with van der Waals surface area (Å²) in [5.74, 6) is 2.19. The van der Waals surface area contributed by atoms with Crippen LogP contribution >= 0.6 is 0 Å². The van der Waals surface area contributed by atoms with Gasteiger partial charge in [-0.25, -0.2) is 0 Å². The molecule has 0 aliphatic heterocycles. The third-order valence-electron chi connectivity index (χ3n) is 4.96. The third kappa shape index (κ3) is 6.95. The second-order valence-electron chi connectivity index (χ2n) is 8.32. The van der Waals surface area contributed by atoms with Crippen molar-refractivity contribution in [2.45, 2.75) is 73.1 Å². The topological polar surface area (TPSA) is 20.3 Å². The molecule has 0 spiro atoms. The van der Waals surface area contributed by atoms with Crippen LogP contribution in [0.1, 0.15) is 73.1 Å². The molecule has 1 saturated carbocycles. The number of rotatable bonds is 9. The van der Waals surface area contributed by atoms with Gasteiger partial charge >= 0.3 is 0 Å². The Hall–Kier alpha value is -0.370. The van der Waals surface area contributed by atoms with E-state index in [0.717, 1.165) is 44.3 Å². The van der Waals surface area contributed by atoms with Crippen LogP contribution in [0, 0.1) is 23.2 Å². The molecular weight excluding hydrogens is 258 g/mol. The Labute approximate surface area is 132 Å². The van der Waals surface area contributed by atoms with E-state index < -0.39 is 0 Å². The smallest absolute Gasteiger partial charge is 0.127 e. The van der Waals surface area contributed by atoms with Crippen LogP contribution in [-0.2, 0) is 4.79 Å². The number of carbonyl (C=O) groups excluding carboxylic acids is 1. The summed E-state index contributed by atoms with van der Waals surface area (Å²) >= 11 is 0. The number of hydrogen-bond acceptors (Lipinski definition) is 2. The molecule has 0 saturated heterocycles.